The monoisotopic (exact) mass is 223 g/mol. The fourth-order valence-corrected chi connectivity index (χ4v) is 1.58. The molecule has 5 heteroatoms. The topological polar surface area (TPSA) is 58.4 Å². The van der Waals surface area contributed by atoms with E-state index in [9.17, 15) is 10.1 Å². The zero-order valence-electron chi connectivity index (χ0n) is 9.86. The lowest BCUT2D eigenvalue weighted by Crippen LogP contribution is -2.27. The third kappa shape index (κ3) is 2.93. The molecule has 0 fully saturated rings. The molecule has 0 bridgehead atoms. The van der Waals surface area contributed by atoms with Gasteiger partial charge in [0.05, 0.1) is 4.92 Å². The van der Waals surface area contributed by atoms with Crippen LogP contribution in [0.5, 0.6) is 0 Å². The molecule has 1 aromatic rings. The van der Waals surface area contributed by atoms with Gasteiger partial charge in [-0.3, -0.25) is 10.1 Å². The van der Waals surface area contributed by atoms with Crippen LogP contribution in [0, 0.1) is 17.0 Å². The summed E-state index contributed by atoms with van der Waals surface area (Å²) in [6.07, 6.45) is 0. The molecule has 0 heterocycles. The van der Waals surface area contributed by atoms with Crippen molar-refractivity contribution >= 4 is 11.4 Å². The van der Waals surface area contributed by atoms with Crippen molar-refractivity contribution in [2.24, 2.45) is 0 Å². The van der Waals surface area contributed by atoms with Crippen LogP contribution >= 0.6 is 0 Å². The minimum absolute atomic E-state index is 0.142. The Kier molecular flexibility index (Phi) is 4.25. The first kappa shape index (κ1) is 12.4. The first-order valence-corrected chi connectivity index (χ1v) is 5.17. The summed E-state index contributed by atoms with van der Waals surface area (Å²) >= 11 is 0. The van der Waals surface area contributed by atoms with Gasteiger partial charge in [0.15, 0.2) is 0 Å². The molecule has 5 nitrogen and oxygen atoms in total. The van der Waals surface area contributed by atoms with Gasteiger partial charge in [-0.15, -0.1) is 0 Å². The number of non-ortho nitro benzene ring substituents is 1. The molecule has 88 valence electrons. The van der Waals surface area contributed by atoms with Gasteiger partial charge in [-0.25, -0.2) is 0 Å². The highest BCUT2D eigenvalue weighted by molar-refractivity contribution is 5.56. The van der Waals surface area contributed by atoms with Gasteiger partial charge in [0.1, 0.15) is 0 Å². The summed E-state index contributed by atoms with van der Waals surface area (Å²) in [6.45, 7) is 3.64. The summed E-state index contributed by atoms with van der Waals surface area (Å²) < 4.78 is 0. The maximum absolute atomic E-state index is 10.6. The van der Waals surface area contributed by atoms with Gasteiger partial charge in [0, 0.05) is 38.0 Å². The number of aryl methyl sites for hydroxylation is 1. The number of nitro benzene ring substituents is 1. The largest absolute Gasteiger partial charge is 0.373 e. The second-order valence-electron chi connectivity index (χ2n) is 3.75. The molecule has 0 saturated carbocycles. The highest BCUT2D eigenvalue weighted by atomic mass is 16.6. The summed E-state index contributed by atoms with van der Waals surface area (Å²) in [7, 11) is 3.88. The Balaban J connectivity index is 2.85. The van der Waals surface area contributed by atoms with Crippen molar-refractivity contribution in [3.05, 3.63) is 33.9 Å². The number of hydrogen-bond donors (Lipinski definition) is 1. The van der Waals surface area contributed by atoms with Crippen molar-refractivity contribution in [1.82, 2.24) is 5.32 Å². The first-order valence-electron chi connectivity index (χ1n) is 5.17. The molecular formula is C11H17N3O2. The first-order chi connectivity index (χ1) is 7.56. The maximum Gasteiger partial charge on any atom is 0.269 e. The normalized spacial score (nSPS) is 10.2. The zero-order chi connectivity index (χ0) is 12.1. The van der Waals surface area contributed by atoms with Crippen molar-refractivity contribution in [3.63, 3.8) is 0 Å². The smallest absolute Gasteiger partial charge is 0.269 e. The van der Waals surface area contributed by atoms with Gasteiger partial charge in [0.25, 0.3) is 5.69 Å². The quantitative estimate of drug-likeness (QED) is 0.608. The molecule has 0 aliphatic heterocycles. The highest BCUT2D eigenvalue weighted by Gasteiger charge is 2.10. The van der Waals surface area contributed by atoms with Crippen LogP contribution in [-0.2, 0) is 0 Å². The van der Waals surface area contributed by atoms with E-state index in [4.69, 9.17) is 0 Å². The zero-order valence-corrected chi connectivity index (χ0v) is 9.86. The molecule has 0 radical (unpaired) electrons. The van der Waals surface area contributed by atoms with E-state index in [1.807, 2.05) is 21.0 Å². The highest BCUT2D eigenvalue weighted by Crippen LogP contribution is 2.23. The van der Waals surface area contributed by atoms with Crippen LogP contribution in [0.2, 0.25) is 0 Å². The molecule has 0 amide bonds. The number of rotatable bonds is 5. The van der Waals surface area contributed by atoms with Crippen molar-refractivity contribution < 1.29 is 4.92 Å². The van der Waals surface area contributed by atoms with E-state index in [1.54, 1.807) is 12.1 Å². The Morgan fingerprint density at radius 2 is 2.19 bits per heavy atom. The van der Waals surface area contributed by atoms with Gasteiger partial charge in [-0.05, 0) is 25.6 Å². The SMILES string of the molecule is CNCCN(C)c1ccc([N+](=O)[O-])cc1C. The number of nitro groups is 1. The summed E-state index contributed by atoms with van der Waals surface area (Å²) in [4.78, 5) is 12.3. The number of benzene rings is 1. The molecule has 1 rings (SSSR count). The second kappa shape index (κ2) is 5.46. The van der Waals surface area contributed by atoms with Crippen LogP contribution in [0.4, 0.5) is 11.4 Å². The standard InChI is InChI=1S/C11H17N3O2/c1-9-8-10(14(15)16)4-5-11(9)13(3)7-6-12-2/h4-5,8,12H,6-7H2,1-3H3. The fourth-order valence-electron chi connectivity index (χ4n) is 1.58. The molecule has 0 aromatic heterocycles. The van der Waals surface area contributed by atoms with E-state index in [1.165, 1.54) is 6.07 Å². The Hall–Kier alpha value is -1.62. The van der Waals surface area contributed by atoms with Crippen LogP contribution in [-0.4, -0.2) is 32.1 Å². The molecule has 1 aromatic carbocycles. The van der Waals surface area contributed by atoms with Crippen molar-refractivity contribution in [2.75, 3.05) is 32.1 Å². The molecular weight excluding hydrogens is 206 g/mol. The average Bonchev–Trinajstić information content (AvgIpc) is 2.25. The lowest BCUT2D eigenvalue weighted by atomic mass is 10.1. The summed E-state index contributed by atoms with van der Waals surface area (Å²) in [5.41, 5.74) is 2.09. The molecule has 0 unspecified atom stereocenters. The Morgan fingerprint density at radius 3 is 2.69 bits per heavy atom. The van der Waals surface area contributed by atoms with Crippen LogP contribution in [0.25, 0.3) is 0 Å². The summed E-state index contributed by atoms with van der Waals surface area (Å²) in [6, 6.07) is 4.94. The van der Waals surface area contributed by atoms with E-state index in [-0.39, 0.29) is 10.6 Å². The van der Waals surface area contributed by atoms with Gasteiger partial charge in [-0.2, -0.15) is 0 Å². The van der Waals surface area contributed by atoms with E-state index in [2.05, 4.69) is 10.2 Å². The van der Waals surface area contributed by atoms with Crippen LogP contribution in [0.3, 0.4) is 0 Å². The Labute approximate surface area is 95.2 Å². The van der Waals surface area contributed by atoms with Crippen LogP contribution < -0.4 is 10.2 Å². The molecule has 0 spiro atoms. The molecule has 0 atom stereocenters. The summed E-state index contributed by atoms with van der Waals surface area (Å²) in [5, 5.41) is 13.7. The third-order valence-electron chi connectivity index (χ3n) is 2.50. The van der Waals surface area contributed by atoms with Gasteiger partial charge in [0.2, 0.25) is 0 Å². The van der Waals surface area contributed by atoms with Gasteiger partial charge < -0.3 is 10.2 Å². The number of nitrogens with one attached hydrogen (secondary N) is 1. The van der Waals surface area contributed by atoms with Crippen LogP contribution in [0.15, 0.2) is 18.2 Å². The van der Waals surface area contributed by atoms with E-state index < -0.39 is 0 Å². The maximum atomic E-state index is 10.6. The molecule has 0 aliphatic carbocycles. The minimum atomic E-state index is -0.371. The lowest BCUT2D eigenvalue weighted by Gasteiger charge is -2.20. The second-order valence-corrected chi connectivity index (χ2v) is 3.75. The Bertz CT molecular complexity index is 379. The Morgan fingerprint density at radius 1 is 1.50 bits per heavy atom. The molecule has 16 heavy (non-hydrogen) atoms. The predicted molar refractivity (Wildman–Crippen MR) is 65.0 cm³/mol. The van der Waals surface area contributed by atoms with Gasteiger partial charge in [-0.1, -0.05) is 0 Å². The molecule has 0 saturated heterocycles. The van der Waals surface area contributed by atoms with Crippen molar-refractivity contribution in [2.45, 2.75) is 6.92 Å². The van der Waals surface area contributed by atoms with E-state index in [0.29, 0.717) is 0 Å². The third-order valence-corrected chi connectivity index (χ3v) is 2.50. The minimum Gasteiger partial charge on any atom is -0.373 e. The predicted octanol–water partition coefficient (Wildman–Crippen LogP) is 1.56. The molecule has 1 N–H and O–H groups in total. The average molecular weight is 223 g/mol. The number of nitrogens with zero attached hydrogens (tertiary/aromatic N) is 2. The number of anilines is 1. The molecule has 0 aliphatic rings. The van der Waals surface area contributed by atoms with Crippen molar-refractivity contribution in [3.8, 4) is 0 Å². The number of hydrogen-bond acceptors (Lipinski definition) is 4. The fraction of sp³-hybridized carbons (Fsp3) is 0.455. The number of likely N-dealkylation sites (N-methyl/N-ethyl adjacent to an activating group) is 2. The summed E-state index contributed by atoms with van der Waals surface area (Å²) in [5.74, 6) is 0. The van der Waals surface area contributed by atoms with Crippen molar-refractivity contribution in [1.29, 1.82) is 0 Å². The van der Waals surface area contributed by atoms with E-state index in [0.717, 1.165) is 24.3 Å². The van der Waals surface area contributed by atoms with Gasteiger partial charge >= 0.3 is 0 Å². The van der Waals surface area contributed by atoms with E-state index >= 15 is 0 Å². The van der Waals surface area contributed by atoms with Crippen LogP contribution in [0.1, 0.15) is 5.56 Å². The lowest BCUT2D eigenvalue weighted by molar-refractivity contribution is -0.384.